The first-order valence-electron chi connectivity index (χ1n) is 11.7. The molecule has 0 aliphatic heterocycles. The van der Waals surface area contributed by atoms with Crippen LogP contribution in [-0.4, -0.2) is 47.5 Å². The van der Waals surface area contributed by atoms with Crippen molar-refractivity contribution >= 4 is 17.9 Å². The topological polar surface area (TPSA) is 87.7 Å². The Morgan fingerprint density at radius 1 is 1.18 bits per heavy atom. The molecule has 7 nitrogen and oxygen atoms in total. The molecule has 0 aliphatic rings. The minimum absolute atomic E-state index is 0.152. The van der Waals surface area contributed by atoms with E-state index >= 15 is 0 Å². The summed E-state index contributed by atoms with van der Waals surface area (Å²) in [7, 11) is 0. The predicted octanol–water partition coefficient (Wildman–Crippen LogP) is 4.58. The molecule has 33 heavy (non-hydrogen) atoms. The van der Waals surface area contributed by atoms with Crippen LogP contribution in [0.4, 0.5) is 4.79 Å². The number of carbonyl (C=O) groups excluding carboxylic acids is 3. The van der Waals surface area contributed by atoms with Gasteiger partial charge in [0.25, 0.3) is 0 Å². The average molecular weight is 460 g/mol. The third-order valence-corrected chi connectivity index (χ3v) is 5.07. The maximum atomic E-state index is 13.4. The van der Waals surface area contributed by atoms with E-state index in [9.17, 15) is 14.4 Å². The molecular formula is C26H41N3O4. The van der Waals surface area contributed by atoms with Gasteiger partial charge < -0.3 is 20.3 Å². The molecule has 0 aliphatic carbocycles. The van der Waals surface area contributed by atoms with Crippen molar-refractivity contribution in [3.05, 3.63) is 47.5 Å². The quantitative estimate of drug-likeness (QED) is 0.375. The van der Waals surface area contributed by atoms with Crippen LogP contribution in [0.2, 0.25) is 0 Å². The van der Waals surface area contributed by atoms with Crippen LogP contribution in [0.25, 0.3) is 0 Å². The Kier molecular flexibility index (Phi) is 11.1. The van der Waals surface area contributed by atoms with Crippen LogP contribution in [-0.2, 0) is 14.3 Å². The Hall–Kier alpha value is -2.83. The summed E-state index contributed by atoms with van der Waals surface area (Å²) in [5.74, 6) is -0.646. The fourth-order valence-electron chi connectivity index (χ4n) is 3.52. The largest absolute Gasteiger partial charge is 0.444 e. The van der Waals surface area contributed by atoms with Gasteiger partial charge in [-0.1, -0.05) is 49.6 Å². The van der Waals surface area contributed by atoms with E-state index in [1.807, 2.05) is 32.0 Å². The van der Waals surface area contributed by atoms with Crippen molar-refractivity contribution < 1.29 is 19.1 Å². The molecule has 184 valence electrons. The van der Waals surface area contributed by atoms with Gasteiger partial charge in [0.05, 0.1) is 0 Å². The zero-order valence-electron chi connectivity index (χ0n) is 21.3. The number of rotatable bonds is 11. The monoisotopic (exact) mass is 459 g/mol. The van der Waals surface area contributed by atoms with E-state index < -0.39 is 29.7 Å². The average Bonchev–Trinajstić information content (AvgIpc) is 2.70. The number of nitrogens with one attached hydrogen (secondary N) is 2. The van der Waals surface area contributed by atoms with Crippen LogP contribution in [0, 0.1) is 13.8 Å². The number of aryl methyl sites for hydroxylation is 2. The summed E-state index contributed by atoms with van der Waals surface area (Å²) >= 11 is 0. The first-order chi connectivity index (χ1) is 15.4. The van der Waals surface area contributed by atoms with Crippen LogP contribution in [0.15, 0.2) is 30.9 Å². The molecule has 0 spiro atoms. The molecule has 0 fully saturated rings. The van der Waals surface area contributed by atoms with Crippen molar-refractivity contribution in [2.45, 2.75) is 85.4 Å². The van der Waals surface area contributed by atoms with Gasteiger partial charge in [0.1, 0.15) is 17.7 Å². The Balaban J connectivity index is 3.25. The third-order valence-electron chi connectivity index (χ3n) is 5.07. The van der Waals surface area contributed by atoms with E-state index in [0.717, 1.165) is 36.0 Å². The summed E-state index contributed by atoms with van der Waals surface area (Å²) in [4.78, 5) is 40.5. The van der Waals surface area contributed by atoms with E-state index in [0.29, 0.717) is 6.54 Å². The SMILES string of the molecule is C=CCN(C(=O)C(C)NC(=O)OC(C)(C)C)C(C(=O)NCCCCC)c1ccc(C)cc1C. The smallest absolute Gasteiger partial charge is 0.408 e. The molecule has 1 rings (SSSR count). The predicted molar refractivity (Wildman–Crippen MR) is 132 cm³/mol. The first-order valence-corrected chi connectivity index (χ1v) is 11.7. The fourth-order valence-corrected chi connectivity index (χ4v) is 3.52. The minimum Gasteiger partial charge on any atom is -0.444 e. The van der Waals surface area contributed by atoms with Crippen molar-refractivity contribution in [2.24, 2.45) is 0 Å². The summed E-state index contributed by atoms with van der Waals surface area (Å²) in [6.07, 6.45) is 3.83. The number of unbranched alkanes of at least 4 members (excludes halogenated alkanes) is 2. The van der Waals surface area contributed by atoms with E-state index in [1.165, 1.54) is 4.90 Å². The van der Waals surface area contributed by atoms with Crippen LogP contribution in [0.1, 0.15) is 76.6 Å². The van der Waals surface area contributed by atoms with E-state index in [1.54, 1.807) is 33.8 Å². The van der Waals surface area contributed by atoms with E-state index in [2.05, 4.69) is 24.1 Å². The number of hydrogen-bond acceptors (Lipinski definition) is 4. The lowest BCUT2D eigenvalue weighted by Gasteiger charge is -2.33. The van der Waals surface area contributed by atoms with Gasteiger partial charge in [0.2, 0.25) is 11.8 Å². The number of carbonyl (C=O) groups is 3. The van der Waals surface area contributed by atoms with E-state index in [4.69, 9.17) is 4.74 Å². The van der Waals surface area contributed by atoms with Gasteiger partial charge >= 0.3 is 6.09 Å². The molecule has 7 heteroatoms. The highest BCUT2D eigenvalue weighted by molar-refractivity contribution is 5.92. The molecule has 1 aromatic rings. The highest BCUT2D eigenvalue weighted by Crippen LogP contribution is 2.26. The lowest BCUT2D eigenvalue weighted by molar-refractivity contribution is -0.141. The molecule has 2 atom stereocenters. The lowest BCUT2D eigenvalue weighted by Crippen LogP contribution is -2.52. The van der Waals surface area contributed by atoms with Gasteiger partial charge in [-0.25, -0.2) is 4.79 Å². The molecule has 0 saturated heterocycles. The van der Waals surface area contributed by atoms with Crippen molar-refractivity contribution in [3.63, 3.8) is 0 Å². The van der Waals surface area contributed by atoms with Gasteiger partial charge in [-0.05, 0) is 59.1 Å². The number of alkyl carbamates (subject to hydrolysis) is 1. The molecule has 0 aromatic heterocycles. The molecule has 0 saturated carbocycles. The van der Waals surface area contributed by atoms with Gasteiger partial charge in [-0.3, -0.25) is 9.59 Å². The van der Waals surface area contributed by atoms with E-state index in [-0.39, 0.29) is 12.5 Å². The Morgan fingerprint density at radius 3 is 2.39 bits per heavy atom. The molecule has 2 N–H and O–H groups in total. The van der Waals surface area contributed by atoms with Gasteiger partial charge in [-0.2, -0.15) is 0 Å². The second-order valence-corrected chi connectivity index (χ2v) is 9.41. The Morgan fingerprint density at radius 2 is 1.85 bits per heavy atom. The molecule has 0 radical (unpaired) electrons. The maximum Gasteiger partial charge on any atom is 0.408 e. The molecular weight excluding hydrogens is 418 g/mol. The number of ether oxygens (including phenoxy) is 1. The Bertz CT molecular complexity index is 829. The minimum atomic E-state index is -0.888. The third kappa shape index (κ3) is 9.28. The van der Waals surface area contributed by atoms with Crippen LogP contribution >= 0.6 is 0 Å². The second kappa shape index (κ2) is 13.0. The zero-order valence-corrected chi connectivity index (χ0v) is 21.3. The van der Waals surface area contributed by atoms with Gasteiger partial charge in [0, 0.05) is 13.1 Å². The van der Waals surface area contributed by atoms with Crippen molar-refractivity contribution in [2.75, 3.05) is 13.1 Å². The zero-order chi connectivity index (χ0) is 25.2. The normalized spacial score (nSPS) is 12.9. The molecule has 1 aromatic carbocycles. The summed E-state index contributed by atoms with van der Waals surface area (Å²) < 4.78 is 5.28. The fraction of sp³-hybridized carbons (Fsp3) is 0.577. The van der Waals surface area contributed by atoms with Crippen molar-refractivity contribution in [1.82, 2.24) is 15.5 Å². The summed E-state index contributed by atoms with van der Waals surface area (Å²) in [5.41, 5.74) is 2.04. The molecule has 2 unspecified atom stereocenters. The maximum absolute atomic E-state index is 13.4. The van der Waals surface area contributed by atoms with Crippen LogP contribution in [0.3, 0.4) is 0 Å². The van der Waals surface area contributed by atoms with Crippen molar-refractivity contribution in [1.29, 1.82) is 0 Å². The number of nitrogens with zero attached hydrogens (tertiary/aromatic N) is 1. The van der Waals surface area contributed by atoms with Crippen LogP contribution < -0.4 is 10.6 Å². The van der Waals surface area contributed by atoms with Crippen molar-refractivity contribution in [3.8, 4) is 0 Å². The summed E-state index contributed by atoms with van der Waals surface area (Å²) in [5, 5.41) is 5.57. The highest BCUT2D eigenvalue weighted by atomic mass is 16.6. The molecule has 3 amide bonds. The number of amides is 3. The lowest BCUT2D eigenvalue weighted by atomic mass is 9.96. The van der Waals surface area contributed by atoms with Gasteiger partial charge in [-0.15, -0.1) is 6.58 Å². The first kappa shape index (κ1) is 28.2. The Labute approximate surface area is 198 Å². The second-order valence-electron chi connectivity index (χ2n) is 9.41. The number of hydrogen-bond donors (Lipinski definition) is 2. The number of benzene rings is 1. The summed E-state index contributed by atoms with van der Waals surface area (Å²) in [6.45, 7) is 17.3. The van der Waals surface area contributed by atoms with Crippen LogP contribution in [0.5, 0.6) is 0 Å². The standard InChI is InChI=1S/C26H41N3O4/c1-9-11-12-15-27-23(30)22(21-14-13-18(3)17-19(21)4)29(16-10-2)24(31)20(5)28-25(32)33-26(6,7)8/h10,13-14,17,20,22H,2,9,11-12,15-16H2,1,3-8H3,(H,27,30)(H,28,32). The highest BCUT2D eigenvalue weighted by Gasteiger charge is 2.34. The van der Waals surface area contributed by atoms with Gasteiger partial charge in [0.15, 0.2) is 0 Å². The summed E-state index contributed by atoms with van der Waals surface area (Å²) in [6, 6.07) is 4.07. The molecule has 0 bridgehead atoms. The molecule has 0 heterocycles.